The zero-order valence-corrected chi connectivity index (χ0v) is 14.4. The Kier molecular flexibility index (Phi) is 4.15. The molecule has 0 bridgehead atoms. The molecule has 1 aromatic carbocycles. The molecule has 6 nitrogen and oxygen atoms in total. The normalized spacial score (nSPS) is 25.3. The van der Waals surface area contributed by atoms with Crippen LogP contribution in [0, 0.1) is 17.3 Å². The first-order valence-corrected chi connectivity index (χ1v) is 8.27. The maximum Gasteiger partial charge on any atom is 0.307 e. The highest BCUT2D eigenvalue weighted by Gasteiger charge is 2.66. The van der Waals surface area contributed by atoms with Gasteiger partial charge >= 0.3 is 5.97 Å². The van der Waals surface area contributed by atoms with Crippen molar-refractivity contribution in [2.75, 3.05) is 38.2 Å². The van der Waals surface area contributed by atoms with Crippen LogP contribution in [0.1, 0.15) is 13.8 Å². The van der Waals surface area contributed by atoms with E-state index >= 15 is 0 Å². The van der Waals surface area contributed by atoms with Gasteiger partial charge in [-0.1, -0.05) is 19.9 Å². The first kappa shape index (κ1) is 16.6. The maximum absolute atomic E-state index is 12.7. The molecule has 0 unspecified atom stereocenters. The maximum atomic E-state index is 12.7. The van der Waals surface area contributed by atoms with E-state index in [2.05, 4.69) is 4.90 Å². The average Bonchev–Trinajstić information content (AvgIpc) is 3.17. The third kappa shape index (κ3) is 2.81. The molecule has 3 rings (SSSR count). The summed E-state index contributed by atoms with van der Waals surface area (Å²) in [6, 6.07) is 7.88. The SMILES string of the molecule is COc1cccc(N2CCN(C(=O)[C@@H]3[C@@H](C(=O)O)C3(C)C)CC2)c1. The molecule has 6 heteroatoms. The summed E-state index contributed by atoms with van der Waals surface area (Å²) in [7, 11) is 1.64. The van der Waals surface area contributed by atoms with Gasteiger partial charge in [-0.05, 0) is 17.5 Å². The first-order chi connectivity index (χ1) is 11.4. The highest BCUT2D eigenvalue weighted by atomic mass is 16.5. The Bertz CT molecular complexity index is 650. The number of rotatable bonds is 4. The van der Waals surface area contributed by atoms with E-state index < -0.39 is 23.2 Å². The Balaban J connectivity index is 1.61. The summed E-state index contributed by atoms with van der Waals surface area (Å²) >= 11 is 0. The monoisotopic (exact) mass is 332 g/mol. The second kappa shape index (κ2) is 6.00. The van der Waals surface area contributed by atoms with Gasteiger partial charge in [-0.25, -0.2) is 0 Å². The molecule has 0 radical (unpaired) electrons. The molecule has 1 N–H and O–H groups in total. The number of ether oxygens (including phenoxy) is 1. The van der Waals surface area contributed by atoms with E-state index in [1.165, 1.54) is 0 Å². The summed E-state index contributed by atoms with van der Waals surface area (Å²) in [5.74, 6) is -1.01. The quantitative estimate of drug-likeness (QED) is 0.909. The van der Waals surface area contributed by atoms with E-state index in [0.29, 0.717) is 13.1 Å². The van der Waals surface area contributed by atoms with Crippen molar-refractivity contribution in [2.45, 2.75) is 13.8 Å². The van der Waals surface area contributed by atoms with Gasteiger partial charge in [-0.15, -0.1) is 0 Å². The number of hydrogen-bond acceptors (Lipinski definition) is 4. The van der Waals surface area contributed by atoms with E-state index in [1.807, 2.05) is 43.0 Å². The summed E-state index contributed by atoms with van der Waals surface area (Å²) in [6.07, 6.45) is 0. The van der Waals surface area contributed by atoms with Crippen LogP contribution in [0.3, 0.4) is 0 Å². The molecule has 1 saturated carbocycles. The molecule has 1 saturated heterocycles. The number of piperazine rings is 1. The molecule has 2 aliphatic rings. The van der Waals surface area contributed by atoms with Crippen molar-refractivity contribution in [3.8, 4) is 5.75 Å². The molecule has 1 amide bonds. The van der Waals surface area contributed by atoms with E-state index in [1.54, 1.807) is 7.11 Å². The fourth-order valence-corrected chi connectivity index (χ4v) is 3.75. The van der Waals surface area contributed by atoms with Crippen molar-refractivity contribution in [3.05, 3.63) is 24.3 Å². The largest absolute Gasteiger partial charge is 0.497 e. The van der Waals surface area contributed by atoms with Gasteiger partial charge in [0, 0.05) is 37.9 Å². The van der Waals surface area contributed by atoms with Crippen molar-refractivity contribution >= 4 is 17.6 Å². The van der Waals surface area contributed by atoms with Crippen LogP contribution >= 0.6 is 0 Å². The van der Waals surface area contributed by atoms with E-state index in [-0.39, 0.29) is 5.91 Å². The molecule has 130 valence electrons. The molecule has 2 atom stereocenters. The van der Waals surface area contributed by atoms with Crippen molar-refractivity contribution in [3.63, 3.8) is 0 Å². The highest BCUT2D eigenvalue weighted by molar-refractivity contribution is 5.91. The third-order valence-corrected chi connectivity index (χ3v) is 5.37. The number of nitrogens with zero attached hydrogens (tertiary/aromatic N) is 2. The Morgan fingerprint density at radius 3 is 2.38 bits per heavy atom. The lowest BCUT2D eigenvalue weighted by Gasteiger charge is -2.36. The molecule has 1 aliphatic heterocycles. The van der Waals surface area contributed by atoms with Gasteiger partial charge in [0.15, 0.2) is 0 Å². The minimum atomic E-state index is -0.867. The molecular formula is C18H24N2O4. The van der Waals surface area contributed by atoms with Crippen LogP contribution in [0.25, 0.3) is 0 Å². The summed E-state index contributed by atoms with van der Waals surface area (Å²) in [4.78, 5) is 28.0. The zero-order valence-electron chi connectivity index (χ0n) is 14.4. The molecule has 2 fully saturated rings. The number of hydrogen-bond donors (Lipinski definition) is 1. The molecule has 0 spiro atoms. The lowest BCUT2D eigenvalue weighted by molar-refractivity contribution is -0.142. The number of benzene rings is 1. The number of methoxy groups -OCH3 is 1. The van der Waals surface area contributed by atoms with E-state index in [0.717, 1.165) is 24.5 Å². The fraction of sp³-hybridized carbons (Fsp3) is 0.556. The number of amides is 1. The number of carboxylic acid groups (broad SMARTS) is 1. The van der Waals surface area contributed by atoms with Crippen molar-refractivity contribution in [2.24, 2.45) is 17.3 Å². The first-order valence-electron chi connectivity index (χ1n) is 8.27. The number of anilines is 1. The van der Waals surface area contributed by atoms with Crippen LogP contribution in [0.4, 0.5) is 5.69 Å². The van der Waals surface area contributed by atoms with Gasteiger partial charge in [0.1, 0.15) is 5.75 Å². The molecule has 1 aliphatic carbocycles. The second-order valence-corrected chi connectivity index (χ2v) is 7.13. The summed E-state index contributed by atoms with van der Waals surface area (Å²) < 4.78 is 5.26. The average molecular weight is 332 g/mol. The van der Waals surface area contributed by atoms with Crippen LogP contribution in [-0.4, -0.2) is 55.2 Å². The molecule has 0 aromatic heterocycles. The van der Waals surface area contributed by atoms with Crippen LogP contribution in [0.2, 0.25) is 0 Å². The van der Waals surface area contributed by atoms with Crippen LogP contribution < -0.4 is 9.64 Å². The molecular weight excluding hydrogens is 308 g/mol. The topological polar surface area (TPSA) is 70.1 Å². The van der Waals surface area contributed by atoms with Gasteiger partial charge in [0.25, 0.3) is 0 Å². The molecule has 24 heavy (non-hydrogen) atoms. The number of carbonyl (C=O) groups is 2. The summed E-state index contributed by atoms with van der Waals surface area (Å²) in [5.41, 5.74) is 0.643. The van der Waals surface area contributed by atoms with Crippen LogP contribution in [-0.2, 0) is 9.59 Å². The Morgan fingerprint density at radius 1 is 1.17 bits per heavy atom. The van der Waals surface area contributed by atoms with Gasteiger partial charge in [0.2, 0.25) is 5.91 Å². The fourth-order valence-electron chi connectivity index (χ4n) is 3.75. The number of carboxylic acids is 1. The lowest BCUT2D eigenvalue weighted by atomic mass is 10.1. The van der Waals surface area contributed by atoms with E-state index in [9.17, 15) is 14.7 Å². The van der Waals surface area contributed by atoms with E-state index in [4.69, 9.17) is 4.74 Å². The molecule has 1 aromatic rings. The predicted molar refractivity (Wildman–Crippen MR) is 90.2 cm³/mol. The van der Waals surface area contributed by atoms with Gasteiger partial charge in [-0.3, -0.25) is 9.59 Å². The summed E-state index contributed by atoms with van der Waals surface area (Å²) in [5, 5.41) is 9.26. The number of carbonyl (C=O) groups excluding carboxylic acids is 1. The minimum Gasteiger partial charge on any atom is -0.497 e. The van der Waals surface area contributed by atoms with Crippen molar-refractivity contribution in [1.29, 1.82) is 0 Å². The van der Waals surface area contributed by atoms with Gasteiger partial charge < -0.3 is 19.6 Å². The van der Waals surface area contributed by atoms with Crippen molar-refractivity contribution in [1.82, 2.24) is 4.90 Å². The van der Waals surface area contributed by atoms with Gasteiger partial charge in [0.05, 0.1) is 18.9 Å². The minimum absolute atomic E-state index is 0.0160. The lowest BCUT2D eigenvalue weighted by Crippen LogP contribution is -2.49. The second-order valence-electron chi connectivity index (χ2n) is 7.13. The Hall–Kier alpha value is -2.24. The van der Waals surface area contributed by atoms with Gasteiger partial charge in [-0.2, -0.15) is 0 Å². The van der Waals surface area contributed by atoms with Crippen molar-refractivity contribution < 1.29 is 19.4 Å². The highest BCUT2D eigenvalue weighted by Crippen LogP contribution is 2.59. The summed E-state index contributed by atoms with van der Waals surface area (Å²) in [6.45, 7) is 6.44. The van der Waals surface area contributed by atoms with Crippen LogP contribution in [0.5, 0.6) is 5.75 Å². The predicted octanol–water partition coefficient (Wildman–Crippen LogP) is 1.70. The Morgan fingerprint density at radius 2 is 1.83 bits per heavy atom. The third-order valence-electron chi connectivity index (χ3n) is 5.37. The smallest absolute Gasteiger partial charge is 0.307 e. The number of aliphatic carboxylic acids is 1. The zero-order chi connectivity index (χ0) is 17.5. The van der Waals surface area contributed by atoms with Crippen LogP contribution in [0.15, 0.2) is 24.3 Å². The molecule has 1 heterocycles. The standard InChI is InChI=1S/C18H24N2O4/c1-18(2)14(15(18)17(22)23)16(21)20-9-7-19(8-10-20)12-5-4-6-13(11-12)24-3/h4-6,11,14-15H,7-10H2,1-3H3,(H,22,23)/t14-,15-/m0/s1. The Labute approximate surface area is 142 Å².